The maximum absolute atomic E-state index is 11.6. The quantitative estimate of drug-likeness (QED) is 0.663. The van der Waals surface area contributed by atoms with Crippen molar-refractivity contribution in [2.75, 3.05) is 11.9 Å². The van der Waals surface area contributed by atoms with E-state index in [0.717, 1.165) is 28.6 Å². The van der Waals surface area contributed by atoms with Crippen LogP contribution in [0, 0.1) is 6.92 Å². The highest BCUT2D eigenvalue weighted by molar-refractivity contribution is 9.10. The van der Waals surface area contributed by atoms with E-state index in [4.69, 9.17) is 5.11 Å². The zero-order valence-corrected chi connectivity index (χ0v) is 13.0. The van der Waals surface area contributed by atoms with Crippen LogP contribution in [0.15, 0.2) is 22.7 Å². The number of unbranched alkanes of at least 4 members (excludes halogenated alkanes) is 2. The number of anilines is 1. The summed E-state index contributed by atoms with van der Waals surface area (Å²) in [7, 11) is 0. The van der Waals surface area contributed by atoms with Crippen molar-refractivity contribution in [1.29, 1.82) is 0 Å². The van der Waals surface area contributed by atoms with Gasteiger partial charge in [-0.05, 0) is 43.5 Å². The van der Waals surface area contributed by atoms with Gasteiger partial charge in [0.05, 0.1) is 0 Å². The molecule has 20 heavy (non-hydrogen) atoms. The highest BCUT2D eigenvalue weighted by atomic mass is 79.9. The van der Waals surface area contributed by atoms with Crippen LogP contribution < -0.4 is 10.6 Å². The molecule has 5 nitrogen and oxygen atoms in total. The van der Waals surface area contributed by atoms with Crippen molar-refractivity contribution in [2.24, 2.45) is 0 Å². The van der Waals surface area contributed by atoms with Gasteiger partial charge in [-0.3, -0.25) is 4.79 Å². The Morgan fingerprint density at radius 1 is 1.25 bits per heavy atom. The van der Waals surface area contributed by atoms with Crippen LogP contribution in [0.1, 0.15) is 31.2 Å². The second-order valence-corrected chi connectivity index (χ2v) is 5.40. The van der Waals surface area contributed by atoms with Crippen LogP contribution >= 0.6 is 15.9 Å². The molecule has 0 spiro atoms. The van der Waals surface area contributed by atoms with Gasteiger partial charge >= 0.3 is 12.0 Å². The third-order valence-electron chi connectivity index (χ3n) is 2.77. The van der Waals surface area contributed by atoms with Crippen molar-refractivity contribution < 1.29 is 14.7 Å². The van der Waals surface area contributed by atoms with E-state index in [2.05, 4.69) is 26.6 Å². The van der Waals surface area contributed by atoms with Crippen LogP contribution in [0.4, 0.5) is 10.5 Å². The number of rotatable bonds is 7. The predicted octanol–water partition coefficient (Wildman–Crippen LogP) is 3.52. The maximum atomic E-state index is 11.6. The van der Waals surface area contributed by atoms with Crippen LogP contribution in [0.25, 0.3) is 0 Å². The maximum Gasteiger partial charge on any atom is 0.319 e. The van der Waals surface area contributed by atoms with Gasteiger partial charge in [0, 0.05) is 23.1 Å². The Balaban J connectivity index is 2.20. The van der Waals surface area contributed by atoms with Gasteiger partial charge < -0.3 is 15.7 Å². The molecular formula is C14H19BrN2O3. The number of hydrogen-bond donors (Lipinski definition) is 3. The second kappa shape index (κ2) is 8.58. The summed E-state index contributed by atoms with van der Waals surface area (Å²) in [5.41, 5.74) is 1.80. The summed E-state index contributed by atoms with van der Waals surface area (Å²) >= 11 is 3.40. The molecule has 0 aliphatic heterocycles. The smallest absolute Gasteiger partial charge is 0.319 e. The average molecular weight is 343 g/mol. The van der Waals surface area contributed by atoms with Gasteiger partial charge in [0.15, 0.2) is 0 Å². The number of aryl methyl sites for hydroxylation is 1. The molecule has 0 radical (unpaired) electrons. The van der Waals surface area contributed by atoms with Gasteiger partial charge in [0.2, 0.25) is 0 Å². The molecule has 1 rings (SSSR count). The highest BCUT2D eigenvalue weighted by Crippen LogP contribution is 2.19. The molecule has 6 heteroatoms. The Kier molecular flexibility index (Phi) is 7.08. The lowest BCUT2D eigenvalue weighted by Crippen LogP contribution is -2.29. The molecular weight excluding hydrogens is 324 g/mol. The number of nitrogens with one attached hydrogen (secondary N) is 2. The van der Waals surface area contributed by atoms with Crippen LogP contribution in [0.2, 0.25) is 0 Å². The first-order chi connectivity index (χ1) is 9.49. The van der Waals surface area contributed by atoms with Gasteiger partial charge in [0.25, 0.3) is 0 Å². The third kappa shape index (κ3) is 6.56. The monoisotopic (exact) mass is 342 g/mol. The van der Waals surface area contributed by atoms with Crippen molar-refractivity contribution in [3.05, 3.63) is 28.2 Å². The number of carbonyl (C=O) groups is 2. The minimum Gasteiger partial charge on any atom is -0.481 e. The predicted molar refractivity (Wildman–Crippen MR) is 82.0 cm³/mol. The molecule has 1 aromatic carbocycles. The normalized spacial score (nSPS) is 10.1. The number of carboxylic acids is 1. The standard InChI is InChI=1S/C14H19BrN2O3/c1-10-9-11(6-7-12(10)15)17-14(20)16-8-4-2-3-5-13(18)19/h6-7,9H,2-5,8H2,1H3,(H,18,19)(H2,16,17,20). The van der Waals surface area contributed by atoms with Gasteiger partial charge in [0.1, 0.15) is 0 Å². The molecule has 2 amide bonds. The fraction of sp³-hybridized carbons (Fsp3) is 0.429. The number of carbonyl (C=O) groups excluding carboxylic acids is 1. The fourth-order valence-electron chi connectivity index (χ4n) is 1.68. The first-order valence-electron chi connectivity index (χ1n) is 6.52. The molecule has 0 aliphatic carbocycles. The van der Waals surface area contributed by atoms with Crippen LogP contribution in [0.5, 0.6) is 0 Å². The summed E-state index contributed by atoms with van der Waals surface area (Å²) in [6.07, 6.45) is 2.40. The van der Waals surface area contributed by atoms with Gasteiger partial charge in [-0.2, -0.15) is 0 Å². The number of benzene rings is 1. The molecule has 0 atom stereocenters. The molecule has 0 unspecified atom stereocenters. The highest BCUT2D eigenvalue weighted by Gasteiger charge is 2.03. The number of amides is 2. The minimum atomic E-state index is -0.777. The Labute approximate surface area is 126 Å². The van der Waals surface area contributed by atoms with E-state index in [1.54, 1.807) is 0 Å². The zero-order valence-electron chi connectivity index (χ0n) is 11.4. The number of carboxylic acid groups (broad SMARTS) is 1. The van der Waals surface area contributed by atoms with Crippen LogP contribution in [-0.2, 0) is 4.79 Å². The lowest BCUT2D eigenvalue weighted by molar-refractivity contribution is -0.137. The van der Waals surface area contributed by atoms with E-state index in [0.29, 0.717) is 13.0 Å². The van der Waals surface area contributed by atoms with E-state index in [9.17, 15) is 9.59 Å². The molecule has 1 aromatic rings. The number of hydrogen-bond acceptors (Lipinski definition) is 2. The Morgan fingerprint density at radius 3 is 2.65 bits per heavy atom. The van der Waals surface area contributed by atoms with Crippen molar-refractivity contribution in [3.63, 3.8) is 0 Å². The minimum absolute atomic E-state index is 0.185. The molecule has 3 N–H and O–H groups in total. The number of aliphatic carboxylic acids is 1. The lowest BCUT2D eigenvalue weighted by Gasteiger charge is -2.08. The first kappa shape index (κ1) is 16.5. The molecule has 0 heterocycles. The van der Waals surface area contributed by atoms with Crippen molar-refractivity contribution in [3.8, 4) is 0 Å². The molecule has 0 saturated carbocycles. The topological polar surface area (TPSA) is 78.4 Å². The van der Waals surface area contributed by atoms with E-state index in [1.165, 1.54) is 0 Å². The van der Waals surface area contributed by atoms with Gasteiger partial charge in [-0.15, -0.1) is 0 Å². The van der Waals surface area contributed by atoms with E-state index >= 15 is 0 Å². The summed E-state index contributed by atoms with van der Waals surface area (Å²) < 4.78 is 1.00. The van der Waals surface area contributed by atoms with E-state index < -0.39 is 5.97 Å². The largest absolute Gasteiger partial charge is 0.481 e. The van der Waals surface area contributed by atoms with Gasteiger partial charge in [-0.1, -0.05) is 22.4 Å². The van der Waals surface area contributed by atoms with Crippen molar-refractivity contribution in [1.82, 2.24) is 5.32 Å². The van der Waals surface area contributed by atoms with Gasteiger partial charge in [-0.25, -0.2) is 4.79 Å². The van der Waals surface area contributed by atoms with E-state index in [1.807, 2.05) is 25.1 Å². The molecule has 0 aromatic heterocycles. The Bertz CT molecular complexity index is 477. The Morgan fingerprint density at radius 2 is 2.00 bits per heavy atom. The summed E-state index contributed by atoms with van der Waals surface area (Å²) in [5, 5.41) is 14.0. The molecule has 0 saturated heterocycles. The summed E-state index contributed by atoms with van der Waals surface area (Å²) in [4.78, 5) is 21.9. The van der Waals surface area contributed by atoms with E-state index in [-0.39, 0.29) is 12.5 Å². The fourth-order valence-corrected chi connectivity index (χ4v) is 1.92. The number of halogens is 1. The molecule has 0 bridgehead atoms. The van der Waals surface area contributed by atoms with Crippen LogP contribution in [-0.4, -0.2) is 23.7 Å². The number of urea groups is 1. The Hall–Kier alpha value is -1.56. The first-order valence-corrected chi connectivity index (χ1v) is 7.31. The SMILES string of the molecule is Cc1cc(NC(=O)NCCCCCC(=O)O)ccc1Br. The molecule has 110 valence electrons. The zero-order chi connectivity index (χ0) is 15.0. The third-order valence-corrected chi connectivity index (χ3v) is 3.66. The summed E-state index contributed by atoms with van der Waals surface area (Å²) in [5.74, 6) is -0.777. The molecule has 0 fully saturated rings. The van der Waals surface area contributed by atoms with Crippen molar-refractivity contribution >= 4 is 33.6 Å². The summed E-state index contributed by atoms with van der Waals surface area (Å²) in [6.45, 7) is 2.50. The van der Waals surface area contributed by atoms with Crippen LogP contribution in [0.3, 0.4) is 0 Å². The van der Waals surface area contributed by atoms with Crippen molar-refractivity contribution in [2.45, 2.75) is 32.6 Å². The lowest BCUT2D eigenvalue weighted by atomic mass is 10.2. The molecule has 0 aliphatic rings. The second-order valence-electron chi connectivity index (χ2n) is 4.55. The average Bonchev–Trinajstić information content (AvgIpc) is 2.38. The summed E-state index contributed by atoms with van der Waals surface area (Å²) in [6, 6.07) is 5.35.